The van der Waals surface area contributed by atoms with Crippen LogP contribution in [-0.4, -0.2) is 31.5 Å². The SMILES string of the molecule is CNC(CO)(COC1CCCCC1C)c1ccccc1. The first-order chi connectivity index (χ1) is 9.72. The lowest BCUT2D eigenvalue weighted by atomic mass is 9.87. The number of rotatable bonds is 6. The van der Waals surface area contributed by atoms with Crippen LogP contribution in [0.25, 0.3) is 0 Å². The summed E-state index contributed by atoms with van der Waals surface area (Å²) in [5, 5.41) is 13.1. The number of nitrogens with one attached hydrogen (secondary N) is 1. The van der Waals surface area contributed by atoms with E-state index in [4.69, 9.17) is 4.74 Å². The average molecular weight is 277 g/mol. The number of hydrogen-bond acceptors (Lipinski definition) is 3. The van der Waals surface area contributed by atoms with Crippen molar-refractivity contribution in [2.24, 2.45) is 5.92 Å². The third-order valence-electron chi connectivity index (χ3n) is 4.65. The molecule has 0 spiro atoms. The van der Waals surface area contributed by atoms with Crippen molar-refractivity contribution in [1.29, 1.82) is 0 Å². The van der Waals surface area contributed by atoms with Crippen molar-refractivity contribution in [1.82, 2.24) is 5.32 Å². The van der Waals surface area contributed by atoms with Crippen LogP contribution in [0.1, 0.15) is 38.2 Å². The lowest BCUT2D eigenvalue weighted by Crippen LogP contribution is -2.49. The Morgan fingerprint density at radius 2 is 1.95 bits per heavy atom. The van der Waals surface area contributed by atoms with E-state index in [1.807, 2.05) is 37.4 Å². The van der Waals surface area contributed by atoms with Crippen LogP contribution in [0.15, 0.2) is 30.3 Å². The first kappa shape index (κ1) is 15.5. The van der Waals surface area contributed by atoms with Crippen LogP contribution in [0.5, 0.6) is 0 Å². The predicted octanol–water partition coefficient (Wildman–Crippen LogP) is 2.69. The Morgan fingerprint density at radius 1 is 1.25 bits per heavy atom. The molecule has 0 bridgehead atoms. The molecule has 20 heavy (non-hydrogen) atoms. The Bertz CT molecular complexity index is 389. The molecule has 1 aliphatic rings. The zero-order chi connectivity index (χ0) is 14.4. The molecule has 0 amide bonds. The Kier molecular flexibility index (Phi) is 5.58. The molecule has 3 heteroatoms. The van der Waals surface area contributed by atoms with Gasteiger partial charge in [0.15, 0.2) is 0 Å². The first-order valence-electron chi connectivity index (χ1n) is 7.69. The molecular weight excluding hydrogens is 250 g/mol. The minimum Gasteiger partial charge on any atom is -0.394 e. The molecule has 1 aromatic carbocycles. The standard InChI is InChI=1S/C17H27NO2/c1-14-8-6-7-11-16(14)20-13-17(12-19,18-2)15-9-4-3-5-10-15/h3-5,9-10,14,16,18-19H,6-8,11-13H2,1-2H3. The van der Waals surface area contributed by atoms with E-state index in [0.717, 1.165) is 12.0 Å². The third-order valence-corrected chi connectivity index (χ3v) is 4.65. The number of aliphatic hydroxyl groups is 1. The maximum absolute atomic E-state index is 9.88. The number of hydrogen-bond donors (Lipinski definition) is 2. The van der Waals surface area contributed by atoms with Gasteiger partial charge in [0.25, 0.3) is 0 Å². The van der Waals surface area contributed by atoms with Gasteiger partial charge in [-0.05, 0) is 31.4 Å². The molecule has 0 radical (unpaired) electrons. The maximum atomic E-state index is 9.88. The predicted molar refractivity (Wildman–Crippen MR) is 81.6 cm³/mol. The summed E-state index contributed by atoms with van der Waals surface area (Å²) >= 11 is 0. The summed E-state index contributed by atoms with van der Waals surface area (Å²) in [6.07, 6.45) is 5.29. The van der Waals surface area contributed by atoms with Gasteiger partial charge in [0, 0.05) is 0 Å². The molecule has 3 unspecified atom stereocenters. The fraction of sp³-hybridized carbons (Fsp3) is 0.647. The van der Waals surface area contributed by atoms with Crippen LogP contribution in [-0.2, 0) is 10.3 Å². The molecule has 1 aromatic rings. The van der Waals surface area contributed by atoms with E-state index in [0.29, 0.717) is 18.6 Å². The van der Waals surface area contributed by atoms with E-state index in [9.17, 15) is 5.11 Å². The van der Waals surface area contributed by atoms with Crippen LogP contribution in [0.2, 0.25) is 0 Å². The first-order valence-corrected chi connectivity index (χ1v) is 7.69. The summed E-state index contributed by atoms with van der Waals surface area (Å²) in [6, 6.07) is 10.1. The van der Waals surface area contributed by atoms with Gasteiger partial charge in [0.1, 0.15) is 0 Å². The van der Waals surface area contributed by atoms with Gasteiger partial charge in [0.2, 0.25) is 0 Å². The Morgan fingerprint density at radius 3 is 2.55 bits per heavy atom. The van der Waals surface area contributed by atoms with Crippen molar-refractivity contribution in [2.45, 2.75) is 44.2 Å². The van der Waals surface area contributed by atoms with Gasteiger partial charge < -0.3 is 15.2 Å². The molecule has 3 nitrogen and oxygen atoms in total. The summed E-state index contributed by atoms with van der Waals surface area (Å²) in [4.78, 5) is 0. The highest BCUT2D eigenvalue weighted by Crippen LogP contribution is 2.29. The zero-order valence-corrected chi connectivity index (χ0v) is 12.6. The molecule has 1 aliphatic carbocycles. The van der Waals surface area contributed by atoms with Gasteiger partial charge in [-0.3, -0.25) is 0 Å². The largest absolute Gasteiger partial charge is 0.394 e. The normalized spacial score (nSPS) is 26.1. The minimum absolute atomic E-state index is 0.0363. The van der Waals surface area contributed by atoms with Crippen LogP contribution >= 0.6 is 0 Å². The van der Waals surface area contributed by atoms with E-state index in [1.54, 1.807) is 0 Å². The fourth-order valence-electron chi connectivity index (χ4n) is 3.05. The van der Waals surface area contributed by atoms with Gasteiger partial charge in [0.05, 0.1) is 24.9 Å². The van der Waals surface area contributed by atoms with Crippen LogP contribution < -0.4 is 5.32 Å². The molecule has 0 saturated heterocycles. The quantitative estimate of drug-likeness (QED) is 0.840. The van der Waals surface area contributed by atoms with Crippen molar-refractivity contribution in [3.8, 4) is 0 Å². The van der Waals surface area contributed by atoms with Crippen molar-refractivity contribution >= 4 is 0 Å². The topological polar surface area (TPSA) is 41.5 Å². The molecule has 1 saturated carbocycles. The van der Waals surface area contributed by atoms with E-state index >= 15 is 0 Å². The molecule has 0 aromatic heterocycles. The van der Waals surface area contributed by atoms with Gasteiger partial charge in [-0.2, -0.15) is 0 Å². The van der Waals surface area contributed by atoms with Crippen molar-refractivity contribution in [2.75, 3.05) is 20.3 Å². The summed E-state index contributed by atoms with van der Waals surface area (Å²) < 4.78 is 6.17. The molecule has 0 aliphatic heterocycles. The second-order valence-corrected chi connectivity index (χ2v) is 5.97. The molecule has 2 rings (SSSR count). The Hall–Kier alpha value is -0.900. The maximum Gasteiger partial charge on any atom is 0.0903 e. The summed E-state index contributed by atoms with van der Waals surface area (Å²) in [7, 11) is 1.89. The molecule has 3 atom stereocenters. The second kappa shape index (κ2) is 7.21. The summed E-state index contributed by atoms with van der Waals surface area (Å²) in [5.74, 6) is 0.618. The second-order valence-electron chi connectivity index (χ2n) is 5.97. The van der Waals surface area contributed by atoms with Crippen molar-refractivity contribution in [3.05, 3.63) is 35.9 Å². The summed E-state index contributed by atoms with van der Waals surface area (Å²) in [5.41, 5.74) is 0.576. The molecule has 112 valence electrons. The lowest BCUT2D eigenvalue weighted by molar-refractivity contribution is -0.0465. The highest BCUT2D eigenvalue weighted by molar-refractivity contribution is 5.24. The number of ether oxygens (including phenoxy) is 1. The Balaban J connectivity index is 2.05. The molecule has 1 fully saturated rings. The smallest absolute Gasteiger partial charge is 0.0903 e. The Labute approximate surface area is 122 Å². The number of likely N-dealkylation sites (N-methyl/N-ethyl adjacent to an activating group) is 1. The van der Waals surface area contributed by atoms with Crippen LogP contribution in [0, 0.1) is 5.92 Å². The van der Waals surface area contributed by atoms with Gasteiger partial charge in [-0.1, -0.05) is 50.1 Å². The molecule has 0 heterocycles. The molecule has 2 N–H and O–H groups in total. The zero-order valence-electron chi connectivity index (χ0n) is 12.6. The van der Waals surface area contributed by atoms with Crippen LogP contribution in [0.3, 0.4) is 0 Å². The number of benzene rings is 1. The van der Waals surface area contributed by atoms with Gasteiger partial charge in [-0.25, -0.2) is 0 Å². The van der Waals surface area contributed by atoms with Gasteiger partial charge in [-0.15, -0.1) is 0 Å². The van der Waals surface area contributed by atoms with Crippen molar-refractivity contribution in [3.63, 3.8) is 0 Å². The van der Waals surface area contributed by atoms with E-state index < -0.39 is 5.54 Å². The van der Waals surface area contributed by atoms with E-state index in [1.165, 1.54) is 19.3 Å². The molecular formula is C17H27NO2. The highest BCUT2D eigenvalue weighted by atomic mass is 16.5. The van der Waals surface area contributed by atoms with Gasteiger partial charge >= 0.3 is 0 Å². The highest BCUT2D eigenvalue weighted by Gasteiger charge is 2.32. The number of aliphatic hydroxyl groups excluding tert-OH is 1. The average Bonchev–Trinajstić information content (AvgIpc) is 2.51. The summed E-state index contributed by atoms with van der Waals surface area (Å²) in [6.45, 7) is 2.82. The van der Waals surface area contributed by atoms with Crippen LogP contribution in [0.4, 0.5) is 0 Å². The van der Waals surface area contributed by atoms with E-state index in [2.05, 4.69) is 12.2 Å². The fourth-order valence-corrected chi connectivity index (χ4v) is 3.05. The lowest BCUT2D eigenvalue weighted by Gasteiger charge is -2.36. The van der Waals surface area contributed by atoms with Crippen molar-refractivity contribution < 1.29 is 9.84 Å². The minimum atomic E-state index is -0.502. The monoisotopic (exact) mass is 277 g/mol. The third kappa shape index (κ3) is 3.40. The van der Waals surface area contributed by atoms with E-state index in [-0.39, 0.29) is 6.61 Å².